The predicted molar refractivity (Wildman–Crippen MR) is 91.5 cm³/mol. The van der Waals surface area contributed by atoms with Gasteiger partial charge in [0.1, 0.15) is 5.82 Å². The van der Waals surface area contributed by atoms with Crippen molar-refractivity contribution >= 4 is 48.5 Å². The third-order valence-electron chi connectivity index (χ3n) is 3.06. The Morgan fingerprint density at radius 3 is 2.52 bits per heavy atom. The Hall–Kier alpha value is -1.66. The molecule has 2 N–H and O–H groups in total. The monoisotopic (exact) mass is 407 g/mol. The third kappa shape index (κ3) is 3.01. The Balaban J connectivity index is 1.91. The summed E-state index contributed by atoms with van der Waals surface area (Å²) in [5.41, 5.74) is 1.50. The summed E-state index contributed by atoms with van der Waals surface area (Å²) in [5.74, 6) is 0.598. The van der Waals surface area contributed by atoms with Gasteiger partial charge >= 0.3 is 0 Å². The Morgan fingerprint density at radius 2 is 1.76 bits per heavy atom. The van der Waals surface area contributed by atoms with Crippen LogP contribution in [0.1, 0.15) is 5.82 Å². The van der Waals surface area contributed by atoms with Crippen molar-refractivity contribution in [3.63, 3.8) is 0 Å². The first-order chi connectivity index (χ1) is 10.1. The largest absolute Gasteiger partial charge is 0.376 e. The molecular formula is C15H11Br2N3O. The number of hydrogen-bond donors (Lipinski definition) is 2. The number of hydrogen-bond acceptors (Lipinski definition) is 3. The molecule has 0 aliphatic carbocycles. The van der Waals surface area contributed by atoms with Crippen molar-refractivity contribution in [1.29, 1.82) is 0 Å². The number of para-hydroxylation sites is 2. The number of nitrogens with one attached hydrogen (secondary N) is 2. The summed E-state index contributed by atoms with van der Waals surface area (Å²) in [5, 5.41) is 3.86. The molecule has 0 saturated heterocycles. The maximum atomic E-state index is 12.0. The second-order valence-corrected chi connectivity index (χ2v) is 6.19. The number of anilines is 1. The first kappa shape index (κ1) is 14.3. The number of aromatic amines is 1. The van der Waals surface area contributed by atoms with E-state index in [0.717, 1.165) is 14.6 Å². The molecule has 0 fully saturated rings. The van der Waals surface area contributed by atoms with Crippen molar-refractivity contribution in [2.75, 3.05) is 5.32 Å². The highest BCUT2D eigenvalue weighted by Crippen LogP contribution is 2.30. The maximum absolute atomic E-state index is 12.0. The first-order valence-electron chi connectivity index (χ1n) is 6.31. The van der Waals surface area contributed by atoms with E-state index in [2.05, 4.69) is 47.1 Å². The van der Waals surface area contributed by atoms with Gasteiger partial charge in [0.25, 0.3) is 5.56 Å². The molecule has 1 aromatic heterocycles. The van der Waals surface area contributed by atoms with Gasteiger partial charge in [0.05, 0.1) is 23.1 Å². The summed E-state index contributed by atoms with van der Waals surface area (Å²) in [4.78, 5) is 19.3. The number of nitrogens with zero attached hydrogens (tertiary/aromatic N) is 1. The SMILES string of the molecule is O=c1[nH]c(CNc2c(Br)cccc2Br)nc2ccccc12. The van der Waals surface area contributed by atoms with Crippen molar-refractivity contribution < 1.29 is 0 Å². The first-order valence-corrected chi connectivity index (χ1v) is 7.89. The van der Waals surface area contributed by atoms with Crippen LogP contribution >= 0.6 is 31.9 Å². The van der Waals surface area contributed by atoms with Crippen LogP contribution in [0.5, 0.6) is 0 Å². The number of fused-ring (bicyclic) bond motifs is 1. The van der Waals surface area contributed by atoms with Gasteiger partial charge in [-0.3, -0.25) is 4.79 Å². The van der Waals surface area contributed by atoms with Crippen LogP contribution in [0, 0.1) is 0 Å². The van der Waals surface area contributed by atoms with Crippen molar-refractivity contribution in [2.45, 2.75) is 6.54 Å². The minimum absolute atomic E-state index is 0.122. The third-order valence-corrected chi connectivity index (χ3v) is 4.38. The van der Waals surface area contributed by atoms with E-state index in [1.807, 2.05) is 36.4 Å². The Bertz CT molecular complexity index is 841. The highest BCUT2D eigenvalue weighted by atomic mass is 79.9. The summed E-state index contributed by atoms with van der Waals surface area (Å²) in [6, 6.07) is 13.1. The second-order valence-electron chi connectivity index (χ2n) is 4.48. The lowest BCUT2D eigenvalue weighted by Crippen LogP contribution is -2.14. The Morgan fingerprint density at radius 1 is 1.05 bits per heavy atom. The molecule has 6 heteroatoms. The van der Waals surface area contributed by atoms with Gasteiger partial charge in [-0.25, -0.2) is 4.98 Å². The zero-order valence-corrected chi connectivity index (χ0v) is 14.0. The molecule has 3 aromatic rings. The maximum Gasteiger partial charge on any atom is 0.258 e. The van der Waals surface area contributed by atoms with Gasteiger partial charge in [0.15, 0.2) is 0 Å². The van der Waals surface area contributed by atoms with Crippen LogP contribution in [0.15, 0.2) is 56.2 Å². The van der Waals surface area contributed by atoms with Crippen molar-refractivity contribution in [3.05, 3.63) is 67.6 Å². The standard InChI is InChI=1S/C15H11Br2N3O/c16-10-5-3-6-11(17)14(10)18-8-13-19-12-7-2-1-4-9(12)15(21)20-13/h1-7,18H,8H2,(H,19,20,21). The molecular weight excluding hydrogens is 398 g/mol. The Kier molecular flexibility index (Phi) is 4.07. The van der Waals surface area contributed by atoms with Crippen LogP contribution in [-0.2, 0) is 6.54 Å². The van der Waals surface area contributed by atoms with Gasteiger partial charge in [-0.05, 0) is 56.1 Å². The van der Waals surface area contributed by atoms with E-state index in [0.29, 0.717) is 23.3 Å². The van der Waals surface area contributed by atoms with E-state index < -0.39 is 0 Å². The van der Waals surface area contributed by atoms with E-state index in [1.165, 1.54) is 0 Å². The smallest absolute Gasteiger partial charge is 0.258 e. The van der Waals surface area contributed by atoms with E-state index >= 15 is 0 Å². The minimum atomic E-state index is -0.122. The van der Waals surface area contributed by atoms with E-state index in [9.17, 15) is 4.79 Å². The molecule has 0 spiro atoms. The Labute approximate surface area is 137 Å². The minimum Gasteiger partial charge on any atom is -0.376 e. The summed E-state index contributed by atoms with van der Waals surface area (Å²) >= 11 is 6.98. The molecule has 0 radical (unpaired) electrons. The highest BCUT2D eigenvalue weighted by Gasteiger charge is 2.06. The van der Waals surface area contributed by atoms with Gasteiger partial charge in [-0.15, -0.1) is 0 Å². The summed E-state index contributed by atoms with van der Waals surface area (Å²) in [7, 11) is 0. The van der Waals surface area contributed by atoms with E-state index in [-0.39, 0.29) is 5.56 Å². The van der Waals surface area contributed by atoms with Crippen LogP contribution in [0.4, 0.5) is 5.69 Å². The van der Waals surface area contributed by atoms with Crippen molar-refractivity contribution in [2.24, 2.45) is 0 Å². The van der Waals surface area contributed by atoms with Gasteiger partial charge < -0.3 is 10.3 Å². The van der Waals surface area contributed by atoms with E-state index in [4.69, 9.17) is 0 Å². The zero-order chi connectivity index (χ0) is 14.8. The summed E-state index contributed by atoms with van der Waals surface area (Å²) < 4.78 is 1.89. The quantitative estimate of drug-likeness (QED) is 0.686. The molecule has 1 heterocycles. The molecule has 0 aliphatic rings. The topological polar surface area (TPSA) is 57.8 Å². The summed E-state index contributed by atoms with van der Waals surface area (Å²) in [6.45, 7) is 0.432. The molecule has 0 unspecified atom stereocenters. The lowest BCUT2D eigenvalue weighted by Gasteiger charge is -2.10. The molecule has 4 nitrogen and oxygen atoms in total. The number of benzene rings is 2. The fourth-order valence-electron chi connectivity index (χ4n) is 2.06. The molecule has 3 rings (SSSR count). The normalized spacial score (nSPS) is 10.8. The molecule has 0 aliphatic heterocycles. The lowest BCUT2D eigenvalue weighted by atomic mass is 10.2. The molecule has 2 aromatic carbocycles. The van der Waals surface area contributed by atoms with E-state index in [1.54, 1.807) is 6.07 Å². The summed E-state index contributed by atoms with van der Waals surface area (Å²) in [6.07, 6.45) is 0. The zero-order valence-electron chi connectivity index (χ0n) is 10.9. The van der Waals surface area contributed by atoms with Crippen LogP contribution in [0.25, 0.3) is 10.9 Å². The van der Waals surface area contributed by atoms with Crippen LogP contribution in [0.3, 0.4) is 0 Å². The number of H-pyrrole nitrogens is 1. The molecule has 21 heavy (non-hydrogen) atoms. The van der Waals surface area contributed by atoms with Crippen LogP contribution in [-0.4, -0.2) is 9.97 Å². The molecule has 0 bridgehead atoms. The molecule has 106 valence electrons. The van der Waals surface area contributed by atoms with Gasteiger partial charge in [-0.1, -0.05) is 18.2 Å². The molecule has 0 atom stereocenters. The van der Waals surface area contributed by atoms with Crippen LogP contribution in [0.2, 0.25) is 0 Å². The predicted octanol–water partition coefficient (Wildman–Crippen LogP) is 4.06. The number of halogens is 2. The molecule has 0 saturated carbocycles. The van der Waals surface area contributed by atoms with Gasteiger partial charge in [0.2, 0.25) is 0 Å². The van der Waals surface area contributed by atoms with Gasteiger partial charge in [-0.2, -0.15) is 0 Å². The average molecular weight is 409 g/mol. The fourth-order valence-corrected chi connectivity index (χ4v) is 3.34. The lowest BCUT2D eigenvalue weighted by molar-refractivity contribution is 0.951. The van der Waals surface area contributed by atoms with Crippen LogP contribution < -0.4 is 10.9 Å². The van der Waals surface area contributed by atoms with Crippen molar-refractivity contribution in [1.82, 2.24) is 9.97 Å². The average Bonchev–Trinajstić information content (AvgIpc) is 2.47. The number of rotatable bonds is 3. The molecule has 0 amide bonds. The second kappa shape index (κ2) is 5.99. The number of aromatic nitrogens is 2. The van der Waals surface area contributed by atoms with Crippen molar-refractivity contribution in [3.8, 4) is 0 Å². The highest BCUT2D eigenvalue weighted by molar-refractivity contribution is 9.11. The van der Waals surface area contributed by atoms with Gasteiger partial charge in [0, 0.05) is 8.95 Å². The fraction of sp³-hybridized carbons (Fsp3) is 0.0667.